The summed E-state index contributed by atoms with van der Waals surface area (Å²) in [4.78, 5) is 13.2. The molecule has 0 spiro atoms. The van der Waals surface area contributed by atoms with Crippen molar-refractivity contribution in [1.29, 1.82) is 0 Å². The molecule has 3 aromatic rings. The second-order valence-electron chi connectivity index (χ2n) is 4.81. The molecule has 5 nitrogen and oxygen atoms in total. The van der Waals surface area contributed by atoms with Crippen LogP contribution < -0.4 is 10.6 Å². The third kappa shape index (κ3) is 3.92. The van der Waals surface area contributed by atoms with E-state index in [1.807, 2.05) is 67.0 Å². The molecule has 0 unspecified atom stereocenters. The Bertz CT molecular complexity index is 785. The lowest BCUT2D eigenvalue weighted by Crippen LogP contribution is -2.19. The van der Waals surface area contributed by atoms with Gasteiger partial charge in [0.25, 0.3) is 0 Å². The summed E-state index contributed by atoms with van der Waals surface area (Å²) in [5, 5.41) is 9.80. The fraction of sp³-hybridized carbons (Fsp3) is 0.0588. The standard InChI is InChI=1S/C17H16N4OS/c1-23-16-5-2-4-14(12-16)20-17(22)19-13-6-8-15(9-7-13)21-11-3-10-18-21/h2-12H,1H3,(H2,19,20,22). The Morgan fingerprint density at radius 3 is 2.52 bits per heavy atom. The number of rotatable bonds is 4. The van der Waals surface area contributed by atoms with Crippen molar-refractivity contribution >= 4 is 29.2 Å². The van der Waals surface area contributed by atoms with Crippen LogP contribution in [0.25, 0.3) is 5.69 Å². The van der Waals surface area contributed by atoms with E-state index in [-0.39, 0.29) is 6.03 Å². The molecule has 0 bridgehead atoms. The van der Waals surface area contributed by atoms with Gasteiger partial charge in [0.05, 0.1) is 5.69 Å². The number of aromatic nitrogens is 2. The highest BCUT2D eigenvalue weighted by molar-refractivity contribution is 7.98. The number of hydrogen-bond acceptors (Lipinski definition) is 3. The van der Waals surface area contributed by atoms with Crippen molar-refractivity contribution < 1.29 is 4.79 Å². The lowest BCUT2D eigenvalue weighted by atomic mass is 10.3. The summed E-state index contributed by atoms with van der Waals surface area (Å²) in [6.07, 6.45) is 5.59. The lowest BCUT2D eigenvalue weighted by molar-refractivity contribution is 0.262. The van der Waals surface area contributed by atoms with Gasteiger partial charge in [0.15, 0.2) is 0 Å². The molecule has 0 aliphatic heterocycles. The van der Waals surface area contributed by atoms with Gasteiger partial charge in [-0.3, -0.25) is 0 Å². The minimum Gasteiger partial charge on any atom is -0.308 e. The van der Waals surface area contributed by atoms with Gasteiger partial charge < -0.3 is 10.6 Å². The summed E-state index contributed by atoms with van der Waals surface area (Å²) in [5.41, 5.74) is 2.43. The van der Waals surface area contributed by atoms with E-state index < -0.39 is 0 Å². The first kappa shape index (κ1) is 15.2. The zero-order chi connectivity index (χ0) is 16.1. The zero-order valence-corrected chi connectivity index (χ0v) is 13.4. The summed E-state index contributed by atoms with van der Waals surface area (Å²) in [6, 6.07) is 16.8. The number of amides is 2. The Morgan fingerprint density at radius 2 is 1.83 bits per heavy atom. The largest absolute Gasteiger partial charge is 0.323 e. The van der Waals surface area contributed by atoms with Gasteiger partial charge in [0.2, 0.25) is 0 Å². The molecule has 0 radical (unpaired) electrons. The zero-order valence-electron chi connectivity index (χ0n) is 12.6. The monoisotopic (exact) mass is 324 g/mol. The first-order chi connectivity index (χ1) is 11.2. The molecule has 1 heterocycles. The summed E-state index contributed by atoms with van der Waals surface area (Å²) in [7, 11) is 0. The SMILES string of the molecule is CSc1cccc(NC(=O)Nc2ccc(-n3cccn3)cc2)c1. The predicted octanol–water partition coefficient (Wildman–Crippen LogP) is 4.24. The molecule has 23 heavy (non-hydrogen) atoms. The number of benzene rings is 2. The average Bonchev–Trinajstić information content (AvgIpc) is 3.10. The minimum absolute atomic E-state index is 0.268. The molecule has 6 heteroatoms. The Morgan fingerprint density at radius 1 is 1.04 bits per heavy atom. The number of hydrogen-bond donors (Lipinski definition) is 2. The van der Waals surface area contributed by atoms with Crippen molar-refractivity contribution in [2.24, 2.45) is 0 Å². The summed E-state index contributed by atoms with van der Waals surface area (Å²) in [6.45, 7) is 0. The Hall–Kier alpha value is -2.73. The highest BCUT2D eigenvalue weighted by atomic mass is 32.2. The summed E-state index contributed by atoms with van der Waals surface area (Å²) < 4.78 is 1.76. The van der Waals surface area contributed by atoms with Gasteiger partial charge in [0.1, 0.15) is 0 Å². The molecule has 3 rings (SSSR count). The van der Waals surface area contributed by atoms with Crippen LogP contribution in [0.4, 0.5) is 16.2 Å². The molecular weight excluding hydrogens is 308 g/mol. The predicted molar refractivity (Wildman–Crippen MR) is 94.4 cm³/mol. The van der Waals surface area contributed by atoms with E-state index >= 15 is 0 Å². The third-order valence-electron chi connectivity index (χ3n) is 3.22. The average molecular weight is 324 g/mol. The van der Waals surface area contributed by atoms with Crippen molar-refractivity contribution in [3.8, 4) is 5.69 Å². The van der Waals surface area contributed by atoms with Crippen LogP contribution in [-0.4, -0.2) is 22.1 Å². The number of carbonyl (C=O) groups is 1. The Labute approximate surface area is 138 Å². The van der Waals surface area contributed by atoms with Crippen LogP contribution in [0, 0.1) is 0 Å². The maximum Gasteiger partial charge on any atom is 0.323 e. The van der Waals surface area contributed by atoms with Crippen LogP contribution in [-0.2, 0) is 0 Å². The number of urea groups is 1. The van der Waals surface area contributed by atoms with Crippen molar-refractivity contribution in [2.75, 3.05) is 16.9 Å². The van der Waals surface area contributed by atoms with Crippen molar-refractivity contribution in [3.05, 3.63) is 67.0 Å². The van der Waals surface area contributed by atoms with Crippen molar-refractivity contribution in [2.45, 2.75) is 4.90 Å². The third-order valence-corrected chi connectivity index (χ3v) is 3.95. The van der Waals surface area contributed by atoms with E-state index in [0.717, 1.165) is 22.0 Å². The fourth-order valence-electron chi connectivity index (χ4n) is 2.11. The molecule has 0 atom stereocenters. The molecule has 0 saturated heterocycles. The highest BCUT2D eigenvalue weighted by Crippen LogP contribution is 2.19. The van der Waals surface area contributed by atoms with Gasteiger partial charge in [-0.15, -0.1) is 11.8 Å². The maximum absolute atomic E-state index is 12.0. The van der Waals surface area contributed by atoms with Gasteiger partial charge >= 0.3 is 6.03 Å². The van der Waals surface area contributed by atoms with E-state index in [2.05, 4.69) is 15.7 Å². The molecule has 0 aliphatic carbocycles. The number of nitrogens with one attached hydrogen (secondary N) is 2. The summed E-state index contributed by atoms with van der Waals surface area (Å²) in [5.74, 6) is 0. The molecule has 0 aliphatic rings. The topological polar surface area (TPSA) is 59.0 Å². The molecule has 116 valence electrons. The normalized spacial score (nSPS) is 10.3. The smallest absolute Gasteiger partial charge is 0.308 e. The van der Waals surface area contributed by atoms with E-state index in [1.54, 1.807) is 22.6 Å². The van der Waals surface area contributed by atoms with E-state index in [0.29, 0.717) is 0 Å². The second kappa shape index (κ2) is 7.02. The van der Waals surface area contributed by atoms with Crippen LogP contribution >= 0.6 is 11.8 Å². The number of thioether (sulfide) groups is 1. The van der Waals surface area contributed by atoms with Gasteiger partial charge in [-0.1, -0.05) is 6.07 Å². The number of nitrogens with zero attached hydrogens (tertiary/aromatic N) is 2. The number of anilines is 2. The van der Waals surface area contributed by atoms with Gasteiger partial charge in [0, 0.05) is 28.7 Å². The molecular formula is C17H16N4OS. The number of carbonyl (C=O) groups excluding carboxylic acids is 1. The van der Waals surface area contributed by atoms with E-state index in [4.69, 9.17) is 0 Å². The van der Waals surface area contributed by atoms with Gasteiger partial charge in [-0.25, -0.2) is 9.48 Å². The molecule has 0 saturated carbocycles. The van der Waals surface area contributed by atoms with Gasteiger partial charge in [-0.05, 0) is 54.8 Å². The molecule has 2 amide bonds. The highest BCUT2D eigenvalue weighted by Gasteiger charge is 2.04. The molecule has 2 N–H and O–H groups in total. The quantitative estimate of drug-likeness (QED) is 0.706. The summed E-state index contributed by atoms with van der Waals surface area (Å²) >= 11 is 1.63. The van der Waals surface area contributed by atoms with Crippen LogP contribution in [0.1, 0.15) is 0 Å². The molecule has 2 aromatic carbocycles. The first-order valence-electron chi connectivity index (χ1n) is 7.07. The fourth-order valence-corrected chi connectivity index (χ4v) is 2.57. The van der Waals surface area contributed by atoms with Crippen LogP contribution in [0.5, 0.6) is 0 Å². The second-order valence-corrected chi connectivity index (χ2v) is 5.69. The Kier molecular flexibility index (Phi) is 4.63. The van der Waals surface area contributed by atoms with E-state index in [1.165, 1.54) is 0 Å². The van der Waals surface area contributed by atoms with Crippen molar-refractivity contribution in [3.63, 3.8) is 0 Å². The van der Waals surface area contributed by atoms with E-state index in [9.17, 15) is 4.79 Å². The molecule has 1 aromatic heterocycles. The van der Waals surface area contributed by atoms with Gasteiger partial charge in [-0.2, -0.15) is 5.10 Å². The van der Waals surface area contributed by atoms with Crippen LogP contribution in [0.3, 0.4) is 0 Å². The lowest BCUT2D eigenvalue weighted by Gasteiger charge is -2.09. The maximum atomic E-state index is 12.0. The molecule has 0 fully saturated rings. The van der Waals surface area contributed by atoms with Crippen molar-refractivity contribution in [1.82, 2.24) is 9.78 Å². The first-order valence-corrected chi connectivity index (χ1v) is 8.29. The van der Waals surface area contributed by atoms with Crippen LogP contribution in [0.2, 0.25) is 0 Å². The minimum atomic E-state index is -0.268. The Balaban J connectivity index is 1.63. The van der Waals surface area contributed by atoms with Crippen LogP contribution in [0.15, 0.2) is 71.9 Å².